The summed E-state index contributed by atoms with van der Waals surface area (Å²) in [6, 6.07) is 15.7. The largest absolute Gasteiger partial charge is 0.481 e. The van der Waals surface area contributed by atoms with Crippen molar-refractivity contribution in [1.29, 1.82) is 5.26 Å². The lowest BCUT2D eigenvalue weighted by atomic mass is 10.2. The lowest BCUT2D eigenvalue weighted by Crippen LogP contribution is -2.30. The third-order valence-electron chi connectivity index (χ3n) is 3.40. The maximum atomic E-state index is 12.2. The van der Waals surface area contributed by atoms with E-state index in [1.165, 1.54) is 6.39 Å². The second-order valence-corrected chi connectivity index (χ2v) is 5.21. The number of hydrogen-bond acceptors (Lipinski definition) is 6. The van der Waals surface area contributed by atoms with E-state index in [4.69, 9.17) is 14.4 Å². The van der Waals surface area contributed by atoms with E-state index in [0.717, 1.165) is 5.56 Å². The molecular weight excluding hydrogens is 320 g/mol. The molecule has 0 radical (unpaired) electrons. The van der Waals surface area contributed by atoms with Crippen molar-refractivity contribution < 1.29 is 13.9 Å². The van der Waals surface area contributed by atoms with Crippen LogP contribution in [0, 0.1) is 11.3 Å². The molecule has 0 aliphatic heterocycles. The quantitative estimate of drug-likeness (QED) is 0.769. The van der Waals surface area contributed by atoms with E-state index >= 15 is 0 Å². The lowest BCUT2D eigenvalue weighted by Gasteiger charge is -2.15. The minimum absolute atomic E-state index is 0.309. The number of nitrogens with zero attached hydrogens (tertiary/aromatic N) is 3. The fourth-order valence-corrected chi connectivity index (χ4v) is 2.14. The van der Waals surface area contributed by atoms with Crippen molar-refractivity contribution >= 4 is 11.6 Å². The molecule has 1 atom stereocenters. The summed E-state index contributed by atoms with van der Waals surface area (Å²) >= 11 is 0. The van der Waals surface area contributed by atoms with Gasteiger partial charge >= 0.3 is 0 Å². The summed E-state index contributed by atoms with van der Waals surface area (Å²) in [4.78, 5) is 12.2. The summed E-state index contributed by atoms with van der Waals surface area (Å²) in [7, 11) is 0. The van der Waals surface area contributed by atoms with Gasteiger partial charge in [-0.05, 0) is 49.4 Å². The Hall–Kier alpha value is -3.66. The first-order valence-corrected chi connectivity index (χ1v) is 7.50. The molecule has 0 aliphatic rings. The molecule has 7 heteroatoms. The molecule has 0 saturated heterocycles. The minimum Gasteiger partial charge on any atom is -0.481 e. The first kappa shape index (κ1) is 16.2. The summed E-state index contributed by atoms with van der Waals surface area (Å²) in [6.07, 6.45) is 0.549. The highest BCUT2D eigenvalue weighted by atomic mass is 16.5. The molecule has 7 nitrogen and oxygen atoms in total. The number of carbonyl (C=O) groups is 1. The standard InChI is InChI=1S/C18H14N4O3/c1-12(17(23)21-15-4-2-3-13(9-15)10-19)25-16-7-5-14(6-8-16)18-22-20-11-24-18/h2-9,11-12H,1H3,(H,21,23). The summed E-state index contributed by atoms with van der Waals surface area (Å²) in [5.41, 5.74) is 1.78. The van der Waals surface area contributed by atoms with Crippen molar-refractivity contribution in [1.82, 2.24) is 10.2 Å². The van der Waals surface area contributed by atoms with Crippen LogP contribution in [0.4, 0.5) is 5.69 Å². The second kappa shape index (κ2) is 7.27. The normalized spacial score (nSPS) is 11.4. The summed E-state index contributed by atoms with van der Waals surface area (Å²) in [5, 5.41) is 19.1. The summed E-state index contributed by atoms with van der Waals surface area (Å²) in [6.45, 7) is 1.65. The molecule has 1 unspecified atom stereocenters. The van der Waals surface area contributed by atoms with Gasteiger partial charge in [0.2, 0.25) is 12.3 Å². The first-order chi connectivity index (χ1) is 12.2. The number of nitriles is 1. The van der Waals surface area contributed by atoms with Gasteiger partial charge in [0.05, 0.1) is 11.6 Å². The highest BCUT2D eigenvalue weighted by Crippen LogP contribution is 2.21. The number of amides is 1. The van der Waals surface area contributed by atoms with Crippen molar-refractivity contribution in [2.24, 2.45) is 0 Å². The van der Waals surface area contributed by atoms with Gasteiger partial charge in [-0.25, -0.2) is 0 Å². The van der Waals surface area contributed by atoms with Crippen LogP contribution in [0.5, 0.6) is 5.75 Å². The van der Waals surface area contributed by atoms with E-state index in [0.29, 0.717) is 22.9 Å². The number of benzene rings is 2. The number of nitrogens with one attached hydrogen (secondary N) is 1. The van der Waals surface area contributed by atoms with Gasteiger partial charge in [-0.3, -0.25) is 4.79 Å². The number of anilines is 1. The predicted molar refractivity (Wildman–Crippen MR) is 89.6 cm³/mol. The minimum atomic E-state index is -0.708. The molecule has 1 heterocycles. The van der Waals surface area contributed by atoms with E-state index in [-0.39, 0.29) is 5.91 Å². The first-order valence-electron chi connectivity index (χ1n) is 7.50. The Bertz CT molecular complexity index is 899. The van der Waals surface area contributed by atoms with Gasteiger partial charge in [0.1, 0.15) is 5.75 Å². The molecule has 0 fully saturated rings. The Kier molecular flexibility index (Phi) is 4.72. The van der Waals surface area contributed by atoms with E-state index in [9.17, 15) is 4.79 Å². The fourth-order valence-electron chi connectivity index (χ4n) is 2.14. The van der Waals surface area contributed by atoms with Gasteiger partial charge in [-0.1, -0.05) is 6.07 Å². The molecule has 0 aliphatic carbocycles. The van der Waals surface area contributed by atoms with E-state index in [1.807, 2.05) is 6.07 Å². The zero-order valence-electron chi connectivity index (χ0n) is 13.3. The molecule has 1 N–H and O–H groups in total. The van der Waals surface area contributed by atoms with Gasteiger partial charge in [-0.15, -0.1) is 10.2 Å². The molecule has 2 aromatic carbocycles. The molecule has 1 aromatic heterocycles. The highest BCUT2D eigenvalue weighted by molar-refractivity contribution is 5.94. The molecular formula is C18H14N4O3. The van der Waals surface area contributed by atoms with Crippen LogP contribution in [0.1, 0.15) is 12.5 Å². The predicted octanol–water partition coefficient (Wildman–Crippen LogP) is 3.01. The summed E-state index contributed by atoms with van der Waals surface area (Å²) < 4.78 is 10.7. The Balaban J connectivity index is 1.62. The van der Waals surface area contributed by atoms with Crippen LogP contribution in [0.3, 0.4) is 0 Å². The smallest absolute Gasteiger partial charge is 0.265 e. The molecule has 0 saturated carbocycles. The van der Waals surface area contributed by atoms with Crippen LogP contribution >= 0.6 is 0 Å². The van der Waals surface area contributed by atoms with Crippen LogP contribution in [-0.4, -0.2) is 22.2 Å². The Morgan fingerprint density at radius 2 is 2.08 bits per heavy atom. The average molecular weight is 334 g/mol. The molecule has 1 amide bonds. The molecule has 3 aromatic rings. The van der Waals surface area contributed by atoms with Gasteiger partial charge in [0.25, 0.3) is 5.91 Å². The number of rotatable bonds is 5. The monoisotopic (exact) mass is 334 g/mol. The third kappa shape index (κ3) is 4.00. The zero-order valence-corrected chi connectivity index (χ0v) is 13.3. The number of carbonyl (C=O) groups excluding carboxylic acids is 1. The van der Waals surface area contributed by atoms with E-state index in [1.54, 1.807) is 55.5 Å². The van der Waals surface area contributed by atoms with Crippen LogP contribution in [0.25, 0.3) is 11.5 Å². The van der Waals surface area contributed by atoms with Crippen molar-refractivity contribution in [3.63, 3.8) is 0 Å². The number of hydrogen-bond donors (Lipinski definition) is 1. The van der Waals surface area contributed by atoms with Crippen LogP contribution in [0.2, 0.25) is 0 Å². The highest BCUT2D eigenvalue weighted by Gasteiger charge is 2.15. The molecule has 3 rings (SSSR count). The Morgan fingerprint density at radius 1 is 1.28 bits per heavy atom. The zero-order chi connectivity index (χ0) is 17.6. The molecule has 25 heavy (non-hydrogen) atoms. The van der Waals surface area contributed by atoms with Crippen LogP contribution in [0.15, 0.2) is 59.3 Å². The molecule has 0 bridgehead atoms. The SMILES string of the molecule is CC(Oc1ccc(-c2nnco2)cc1)C(=O)Nc1cccc(C#N)c1. The number of aromatic nitrogens is 2. The molecule has 0 spiro atoms. The van der Waals surface area contributed by atoms with Crippen molar-refractivity contribution in [3.8, 4) is 23.3 Å². The van der Waals surface area contributed by atoms with Gasteiger partial charge < -0.3 is 14.5 Å². The Labute approximate surface area is 143 Å². The third-order valence-corrected chi connectivity index (χ3v) is 3.40. The molecule has 124 valence electrons. The number of ether oxygens (including phenoxy) is 1. The van der Waals surface area contributed by atoms with Crippen molar-refractivity contribution in [2.45, 2.75) is 13.0 Å². The van der Waals surface area contributed by atoms with Crippen molar-refractivity contribution in [3.05, 3.63) is 60.5 Å². The second-order valence-electron chi connectivity index (χ2n) is 5.21. The maximum absolute atomic E-state index is 12.2. The fraction of sp³-hybridized carbons (Fsp3) is 0.111. The van der Waals surface area contributed by atoms with Gasteiger partial charge in [0.15, 0.2) is 6.10 Å². The topological polar surface area (TPSA) is 101 Å². The average Bonchev–Trinajstić information content (AvgIpc) is 3.17. The van der Waals surface area contributed by atoms with E-state index in [2.05, 4.69) is 15.5 Å². The maximum Gasteiger partial charge on any atom is 0.265 e. The van der Waals surface area contributed by atoms with Gasteiger partial charge in [0, 0.05) is 11.3 Å². The van der Waals surface area contributed by atoms with Gasteiger partial charge in [-0.2, -0.15) is 5.26 Å². The lowest BCUT2D eigenvalue weighted by molar-refractivity contribution is -0.122. The Morgan fingerprint density at radius 3 is 2.76 bits per heavy atom. The van der Waals surface area contributed by atoms with E-state index < -0.39 is 6.10 Å². The summed E-state index contributed by atoms with van der Waals surface area (Å²) in [5.74, 6) is 0.641. The van der Waals surface area contributed by atoms with Crippen molar-refractivity contribution in [2.75, 3.05) is 5.32 Å². The van der Waals surface area contributed by atoms with Crippen LogP contribution in [-0.2, 0) is 4.79 Å². The van der Waals surface area contributed by atoms with Crippen LogP contribution < -0.4 is 10.1 Å².